The molecule has 6 heteroatoms. The molecular formula is C22H32O6. The number of carbonyl (C=O) groups is 3. The van der Waals surface area contributed by atoms with Crippen LogP contribution in [0.15, 0.2) is 11.8 Å². The number of hydrogen-bond donors (Lipinski definition) is 0. The van der Waals surface area contributed by atoms with Crippen molar-refractivity contribution >= 4 is 17.9 Å². The number of ether oxygens (including phenoxy) is 3. The number of fused-ring (bicyclic) bond motifs is 1. The van der Waals surface area contributed by atoms with E-state index in [-0.39, 0.29) is 17.9 Å². The van der Waals surface area contributed by atoms with Crippen molar-refractivity contribution in [2.75, 3.05) is 6.61 Å². The van der Waals surface area contributed by atoms with Crippen LogP contribution in [0.25, 0.3) is 0 Å². The summed E-state index contributed by atoms with van der Waals surface area (Å²) in [6.07, 6.45) is 7.16. The predicted molar refractivity (Wildman–Crippen MR) is 102 cm³/mol. The molecule has 6 nitrogen and oxygen atoms in total. The van der Waals surface area contributed by atoms with Gasteiger partial charge in [0.2, 0.25) is 5.60 Å². The van der Waals surface area contributed by atoms with Crippen LogP contribution in [0.2, 0.25) is 0 Å². The normalized spacial score (nSPS) is 35.8. The zero-order chi connectivity index (χ0) is 20.5. The second-order valence-corrected chi connectivity index (χ2v) is 8.97. The lowest BCUT2D eigenvalue weighted by Gasteiger charge is -2.42. The first-order valence-corrected chi connectivity index (χ1v) is 10.5. The number of allylic oxidation sites excluding steroid dienone is 1. The Kier molecular flexibility index (Phi) is 5.87. The summed E-state index contributed by atoms with van der Waals surface area (Å²) < 4.78 is 15.3. The van der Waals surface area contributed by atoms with Gasteiger partial charge in [-0.2, -0.15) is 0 Å². The Balaban J connectivity index is 1.59. The fraction of sp³-hybridized carbons (Fsp3) is 0.773. The van der Waals surface area contributed by atoms with Gasteiger partial charge in [0.25, 0.3) is 0 Å². The molecular weight excluding hydrogens is 360 g/mol. The first-order chi connectivity index (χ1) is 13.2. The van der Waals surface area contributed by atoms with Crippen LogP contribution in [-0.2, 0) is 23.8 Å². The van der Waals surface area contributed by atoms with Crippen LogP contribution in [0.3, 0.4) is 0 Å². The van der Waals surface area contributed by atoms with Crippen molar-refractivity contribution < 1.29 is 28.6 Å². The third kappa shape index (κ3) is 3.83. The van der Waals surface area contributed by atoms with Gasteiger partial charge in [-0.1, -0.05) is 13.8 Å². The molecule has 0 amide bonds. The minimum Gasteiger partial charge on any atom is -0.435 e. The second kappa shape index (κ2) is 7.88. The molecule has 0 aromatic carbocycles. The first kappa shape index (κ1) is 20.9. The van der Waals surface area contributed by atoms with E-state index in [1.54, 1.807) is 13.0 Å². The highest BCUT2D eigenvalue weighted by Gasteiger charge is 2.52. The average molecular weight is 392 g/mol. The molecule has 1 aliphatic heterocycles. The highest BCUT2D eigenvalue weighted by Crippen LogP contribution is 2.57. The monoisotopic (exact) mass is 392 g/mol. The number of cyclic esters (lactones) is 1. The molecule has 28 heavy (non-hydrogen) atoms. The van der Waals surface area contributed by atoms with Crippen molar-refractivity contribution in [1.82, 2.24) is 0 Å². The SMILES string of the molecule is CCOC(=O)O[C@@]1(C)C=C(CC[C@@H](C)[C@H]2CCC3C(=O)CCC[C@@]32C)OC1=O. The molecule has 5 atom stereocenters. The molecule has 0 aromatic heterocycles. The number of Topliss-reactive ketones (excluding diaryl/α,β-unsaturated/α-hetero) is 1. The van der Waals surface area contributed by atoms with E-state index in [4.69, 9.17) is 14.2 Å². The van der Waals surface area contributed by atoms with Crippen LogP contribution in [0, 0.1) is 23.2 Å². The third-order valence-electron chi connectivity index (χ3n) is 7.09. The summed E-state index contributed by atoms with van der Waals surface area (Å²) in [6, 6.07) is 0. The molecule has 0 aromatic rings. The minimum atomic E-state index is -1.43. The number of hydrogen-bond acceptors (Lipinski definition) is 6. The summed E-state index contributed by atoms with van der Waals surface area (Å²) in [5.74, 6) is 1.57. The van der Waals surface area contributed by atoms with Gasteiger partial charge < -0.3 is 14.2 Å². The van der Waals surface area contributed by atoms with Crippen LogP contribution < -0.4 is 0 Å². The molecule has 0 bridgehead atoms. The van der Waals surface area contributed by atoms with E-state index >= 15 is 0 Å². The van der Waals surface area contributed by atoms with Gasteiger partial charge in [0.15, 0.2) is 0 Å². The molecule has 2 saturated carbocycles. The van der Waals surface area contributed by atoms with E-state index in [9.17, 15) is 14.4 Å². The molecule has 2 aliphatic carbocycles. The molecule has 0 spiro atoms. The molecule has 0 saturated heterocycles. The van der Waals surface area contributed by atoms with Gasteiger partial charge in [0, 0.05) is 24.8 Å². The van der Waals surface area contributed by atoms with Gasteiger partial charge in [-0.25, -0.2) is 9.59 Å². The molecule has 3 aliphatic rings. The van der Waals surface area contributed by atoms with Crippen LogP contribution >= 0.6 is 0 Å². The fourth-order valence-electron chi connectivity index (χ4n) is 5.61. The highest BCUT2D eigenvalue weighted by molar-refractivity contribution is 5.87. The maximum atomic E-state index is 12.3. The Bertz CT molecular complexity index is 683. The number of carbonyl (C=O) groups excluding carboxylic acids is 3. The lowest BCUT2D eigenvalue weighted by atomic mass is 9.62. The summed E-state index contributed by atoms with van der Waals surface area (Å²) in [7, 11) is 0. The predicted octanol–water partition coefficient (Wildman–Crippen LogP) is 4.56. The van der Waals surface area contributed by atoms with Gasteiger partial charge in [-0.15, -0.1) is 0 Å². The lowest BCUT2D eigenvalue weighted by Crippen LogP contribution is -2.39. The highest BCUT2D eigenvalue weighted by atomic mass is 16.7. The van der Waals surface area contributed by atoms with E-state index < -0.39 is 17.7 Å². The zero-order valence-corrected chi connectivity index (χ0v) is 17.4. The summed E-state index contributed by atoms with van der Waals surface area (Å²) >= 11 is 0. The lowest BCUT2D eigenvalue weighted by molar-refractivity contribution is -0.152. The van der Waals surface area contributed by atoms with Gasteiger partial charge in [-0.3, -0.25) is 4.79 Å². The molecule has 1 heterocycles. The standard InChI is InChI=1S/C22H32O6/c1-5-26-20(25)28-22(4)13-15(27-19(22)24)9-8-14(2)16-10-11-17-18(23)7-6-12-21(16,17)3/h13-14,16-17H,5-12H2,1-4H3/t14-,16-,17?,21-,22+/m1/s1. The van der Waals surface area contributed by atoms with Gasteiger partial charge >= 0.3 is 12.1 Å². The van der Waals surface area contributed by atoms with E-state index in [1.165, 1.54) is 6.92 Å². The fourth-order valence-corrected chi connectivity index (χ4v) is 5.61. The van der Waals surface area contributed by atoms with E-state index in [0.29, 0.717) is 29.8 Å². The molecule has 3 rings (SSSR count). The second-order valence-electron chi connectivity index (χ2n) is 8.97. The van der Waals surface area contributed by atoms with E-state index in [1.807, 2.05) is 0 Å². The summed E-state index contributed by atoms with van der Waals surface area (Å²) in [4.78, 5) is 36.1. The van der Waals surface area contributed by atoms with E-state index in [0.717, 1.165) is 38.5 Å². The van der Waals surface area contributed by atoms with Gasteiger partial charge in [0.1, 0.15) is 11.5 Å². The first-order valence-electron chi connectivity index (χ1n) is 10.5. The molecule has 0 radical (unpaired) electrons. The van der Waals surface area contributed by atoms with Crippen molar-refractivity contribution in [3.8, 4) is 0 Å². The third-order valence-corrected chi connectivity index (χ3v) is 7.09. The topological polar surface area (TPSA) is 78.9 Å². The Hall–Kier alpha value is -1.85. The Morgan fingerprint density at radius 1 is 1.32 bits per heavy atom. The van der Waals surface area contributed by atoms with Crippen molar-refractivity contribution in [3.05, 3.63) is 11.8 Å². The number of esters is 1. The van der Waals surface area contributed by atoms with Crippen molar-refractivity contribution in [2.45, 2.75) is 78.2 Å². The smallest absolute Gasteiger partial charge is 0.435 e. The minimum absolute atomic E-state index is 0.108. The van der Waals surface area contributed by atoms with Gasteiger partial charge in [-0.05, 0) is 63.2 Å². The summed E-state index contributed by atoms with van der Waals surface area (Å²) in [5.41, 5.74) is -1.32. The Labute approximate surface area is 167 Å². The average Bonchev–Trinajstić information content (AvgIpc) is 3.10. The van der Waals surface area contributed by atoms with Crippen molar-refractivity contribution in [3.63, 3.8) is 0 Å². The summed E-state index contributed by atoms with van der Waals surface area (Å²) in [5, 5.41) is 0. The van der Waals surface area contributed by atoms with Crippen LogP contribution in [-0.4, -0.2) is 30.1 Å². The quantitative estimate of drug-likeness (QED) is 0.617. The molecule has 1 unspecified atom stereocenters. The number of ketones is 1. The summed E-state index contributed by atoms with van der Waals surface area (Å²) in [6.45, 7) is 7.90. The van der Waals surface area contributed by atoms with Crippen LogP contribution in [0.4, 0.5) is 4.79 Å². The van der Waals surface area contributed by atoms with Crippen LogP contribution in [0.1, 0.15) is 72.6 Å². The number of rotatable bonds is 6. The van der Waals surface area contributed by atoms with Crippen molar-refractivity contribution in [2.24, 2.45) is 23.2 Å². The zero-order valence-electron chi connectivity index (χ0n) is 17.4. The molecule has 0 N–H and O–H groups in total. The maximum absolute atomic E-state index is 12.3. The Morgan fingerprint density at radius 2 is 2.07 bits per heavy atom. The Morgan fingerprint density at radius 3 is 2.79 bits per heavy atom. The van der Waals surface area contributed by atoms with Crippen LogP contribution in [0.5, 0.6) is 0 Å². The van der Waals surface area contributed by atoms with Gasteiger partial charge in [0.05, 0.1) is 6.61 Å². The molecule has 156 valence electrons. The van der Waals surface area contributed by atoms with E-state index in [2.05, 4.69) is 13.8 Å². The largest absolute Gasteiger partial charge is 0.509 e. The molecule has 2 fully saturated rings. The maximum Gasteiger partial charge on any atom is 0.509 e. The van der Waals surface area contributed by atoms with Crippen molar-refractivity contribution in [1.29, 1.82) is 0 Å².